The zero-order valence-corrected chi connectivity index (χ0v) is 21.2. The molecule has 2 unspecified atom stereocenters. The molecular weight excluding hydrogens is 442 g/mol. The molecular formula is C33H33NO2. The second kappa shape index (κ2) is 10.1. The third kappa shape index (κ3) is 4.37. The first kappa shape index (κ1) is 24.1. The minimum Gasteiger partial charge on any atom is -0.496 e. The number of fused-ring (bicyclic) bond motifs is 2. The van der Waals surface area contributed by atoms with Crippen molar-refractivity contribution in [1.82, 2.24) is 4.90 Å². The van der Waals surface area contributed by atoms with Crippen molar-refractivity contribution < 1.29 is 9.84 Å². The van der Waals surface area contributed by atoms with Crippen molar-refractivity contribution >= 4 is 21.5 Å². The summed E-state index contributed by atoms with van der Waals surface area (Å²) in [6.07, 6.45) is 0.556. The van der Waals surface area contributed by atoms with Gasteiger partial charge in [0.15, 0.2) is 0 Å². The van der Waals surface area contributed by atoms with Crippen molar-refractivity contribution in [2.24, 2.45) is 0 Å². The molecule has 0 aliphatic heterocycles. The Kier molecular flexibility index (Phi) is 6.77. The van der Waals surface area contributed by atoms with E-state index in [1.165, 1.54) is 0 Å². The van der Waals surface area contributed by atoms with Gasteiger partial charge >= 0.3 is 0 Å². The SMILES string of the molecule is COc1ccc2ccccc2c1C(c1ccccc1)C(O)(CCN(C)C)c1cccc2ccccc12. The average molecular weight is 476 g/mol. The molecule has 0 spiro atoms. The first-order valence-electron chi connectivity index (χ1n) is 12.5. The Balaban J connectivity index is 1.88. The van der Waals surface area contributed by atoms with Crippen molar-refractivity contribution in [2.75, 3.05) is 27.7 Å². The van der Waals surface area contributed by atoms with Gasteiger partial charge in [-0.25, -0.2) is 0 Å². The molecule has 5 rings (SSSR count). The van der Waals surface area contributed by atoms with Gasteiger partial charge in [0.25, 0.3) is 0 Å². The molecule has 182 valence electrons. The highest BCUT2D eigenvalue weighted by atomic mass is 16.5. The minimum absolute atomic E-state index is 0.356. The summed E-state index contributed by atoms with van der Waals surface area (Å²) in [6, 6.07) is 37.5. The highest BCUT2D eigenvalue weighted by molar-refractivity contribution is 5.90. The van der Waals surface area contributed by atoms with E-state index >= 15 is 0 Å². The number of hydrogen-bond donors (Lipinski definition) is 1. The Morgan fingerprint density at radius 1 is 0.722 bits per heavy atom. The molecule has 2 atom stereocenters. The van der Waals surface area contributed by atoms with Crippen molar-refractivity contribution in [2.45, 2.75) is 17.9 Å². The lowest BCUT2D eigenvalue weighted by atomic mass is 9.69. The fraction of sp³-hybridized carbons (Fsp3) is 0.212. The highest BCUT2D eigenvalue weighted by Gasteiger charge is 2.43. The van der Waals surface area contributed by atoms with Gasteiger partial charge in [-0.05, 0) is 59.3 Å². The van der Waals surface area contributed by atoms with Crippen molar-refractivity contribution in [3.05, 3.63) is 126 Å². The van der Waals surface area contributed by atoms with Crippen molar-refractivity contribution in [3.8, 4) is 5.75 Å². The molecule has 3 heteroatoms. The van der Waals surface area contributed by atoms with Crippen LogP contribution in [0.15, 0.2) is 109 Å². The Bertz CT molecular complexity index is 1470. The maximum Gasteiger partial charge on any atom is 0.123 e. The maximum atomic E-state index is 13.1. The summed E-state index contributed by atoms with van der Waals surface area (Å²) in [5, 5.41) is 17.5. The number of ether oxygens (including phenoxy) is 1. The third-order valence-corrected chi connectivity index (χ3v) is 7.25. The minimum atomic E-state index is -1.20. The predicted octanol–water partition coefficient (Wildman–Crippen LogP) is 6.97. The standard InChI is InChI=1S/C33H33NO2/c1-34(2)23-22-33(35,29-19-11-16-24-12-7-9-17-27(24)29)32(26-14-5-4-6-15-26)31-28-18-10-8-13-25(28)20-21-30(31)36-3/h4-21,32,35H,22-23H2,1-3H3. The van der Waals surface area contributed by atoms with E-state index in [1.54, 1.807) is 7.11 Å². The third-order valence-electron chi connectivity index (χ3n) is 7.25. The smallest absolute Gasteiger partial charge is 0.123 e. The summed E-state index contributed by atoms with van der Waals surface area (Å²) in [5.41, 5.74) is 1.80. The van der Waals surface area contributed by atoms with Crippen LogP contribution >= 0.6 is 0 Å². The van der Waals surface area contributed by atoms with Gasteiger partial charge < -0.3 is 14.7 Å². The Hall–Kier alpha value is -3.66. The van der Waals surface area contributed by atoms with Crippen LogP contribution in [0.1, 0.15) is 29.0 Å². The number of methoxy groups -OCH3 is 1. The quantitative estimate of drug-likeness (QED) is 0.263. The Morgan fingerprint density at radius 2 is 1.33 bits per heavy atom. The lowest BCUT2D eigenvalue weighted by Crippen LogP contribution is -2.38. The van der Waals surface area contributed by atoms with Crippen LogP contribution in [-0.2, 0) is 5.60 Å². The van der Waals surface area contributed by atoms with E-state index in [0.29, 0.717) is 6.42 Å². The van der Waals surface area contributed by atoms with Gasteiger partial charge in [0.05, 0.1) is 7.11 Å². The summed E-state index contributed by atoms with van der Waals surface area (Å²) >= 11 is 0. The summed E-state index contributed by atoms with van der Waals surface area (Å²) in [4.78, 5) is 2.14. The van der Waals surface area contributed by atoms with Crippen LogP contribution in [0.25, 0.3) is 21.5 Å². The summed E-state index contributed by atoms with van der Waals surface area (Å²) in [6.45, 7) is 0.732. The molecule has 0 aliphatic rings. The van der Waals surface area contributed by atoms with Crippen LogP contribution in [0.5, 0.6) is 5.75 Å². The monoisotopic (exact) mass is 475 g/mol. The van der Waals surface area contributed by atoms with Crippen LogP contribution in [0.3, 0.4) is 0 Å². The van der Waals surface area contributed by atoms with Crippen LogP contribution < -0.4 is 4.74 Å². The second-order valence-corrected chi connectivity index (χ2v) is 9.75. The first-order valence-corrected chi connectivity index (χ1v) is 12.5. The molecule has 0 aromatic heterocycles. The number of rotatable bonds is 8. The van der Waals surface area contributed by atoms with E-state index in [1.807, 2.05) is 24.3 Å². The van der Waals surface area contributed by atoms with Gasteiger partial charge in [0, 0.05) is 18.0 Å². The van der Waals surface area contributed by atoms with Gasteiger partial charge in [-0.1, -0.05) is 103 Å². The summed E-state index contributed by atoms with van der Waals surface area (Å²) in [5.74, 6) is 0.427. The van der Waals surface area contributed by atoms with Crippen molar-refractivity contribution in [1.29, 1.82) is 0 Å². The normalized spacial score (nSPS) is 14.1. The molecule has 0 bridgehead atoms. The highest BCUT2D eigenvalue weighted by Crippen LogP contribution is 2.50. The lowest BCUT2D eigenvalue weighted by molar-refractivity contribution is 0.00569. The van der Waals surface area contributed by atoms with Crippen molar-refractivity contribution in [3.63, 3.8) is 0 Å². The molecule has 3 nitrogen and oxygen atoms in total. The number of hydrogen-bond acceptors (Lipinski definition) is 3. The molecule has 0 aliphatic carbocycles. The first-order chi connectivity index (χ1) is 17.5. The Morgan fingerprint density at radius 3 is 2.03 bits per heavy atom. The van der Waals surface area contributed by atoms with Crippen LogP contribution in [0.2, 0.25) is 0 Å². The van der Waals surface area contributed by atoms with Crippen LogP contribution in [0.4, 0.5) is 0 Å². The number of aliphatic hydroxyl groups is 1. The fourth-order valence-corrected chi connectivity index (χ4v) is 5.51. The van der Waals surface area contributed by atoms with Gasteiger partial charge in [-0.2, -0.15) is 0 Å². The predicted molar refractivity (Wildman–Crippen MR) is 150 cm³/mol. The molecule has 36 heavy (non-hydrogen) atoms. The van der Waals surface area contributed by atoms with E-state index in [4.69, 9.17) is 4.74 Å². The maximum absolute atomic E-state index is 13.1. The largest absolute Gasteiger partial charge is 0.496 e. The van der Waals surface area contributed by atoms with E-state index in [9.17, 15) is 5.11 Å². The van der Waals surface area contributed by atoms with Gasteiger partial charge in [-0.3, -0.25) is 0 Å². The zero-order valence-electron chi connectivity index (χ0n) is 21.2. The molecule has 5 aromatic rings. The van der Waals surface area contributed by atoms with Crippen LogP contribution in [0, 0.1) is 0 Å². The molecule has 0 saturated heterocycles. The van der Waals surface area contributed by atoms with Crippen LogP contribution in [-0.4, -0.2) is 37.8 Å². The molecule has 0 heterocycles. The summed E-state index contributed by atoms with van der Waals surface area (Å²) in [7, 11) is 5.82. The van der Waals surface area contributed by atoms with Gasteiger partial charge in [0.2, 0.25) is 0 Å². The topological polar surface area (TPSA) is 32.7 Å². The average Bonchev–Trinajstić information content (AvgIpc) is 2.92. The molecule has 5 aromatic carbocycles. The number of benzene rings is 5. The zero-order chi connectivity index (χ0) is 25.1. The van der Waals surface area contributed by atoms with Gasteiger partial charge in [-0.15, -0.1) is 0 Å². The second-order valence-electron chi connectivity index (χ2n) is 9.75. The van der Waals surface area contributed by atoms with E-state index in [0.717, 1.165) is 50.5 Å². The van der Waals surface area contributed by atoms with E-state index in [-0.39, 0.29) is 5.92 Å². The van der Waals surface area contributed by atoms with Gasteiger partial charge in [0.1, 0.15) is 11.4 Å². The molecule has 0 amide bonds. The fourth-order valence-electron chi connectivity index (χ4n) is 5.51. The van der Waals surface area contributed by atoms with E-state index in [2.05, 4.69) is 104 Å². The Labute approximate surface area is 213 Å². The number of nitrogens with zero attached hydrogens (tertiary/aromatic N) is 1. The summed E-state index contributed by atoms with van der Waals surface area (Å²) < 4.78 is 5.98. The van der Waals surface area contributed by atoms with E-state index < -0.39 is 5.60 Å². The molecule has 0 saturated carbocycles. The molecule has 0 fully saturated rings. The molecule has 0 radical (unpaired) electrons. The lowest BCUT2D eigenvalue weighted by Gasteiger charge is -2.40. The molecule has 1 N–H and O–H groups in total.